The van der Waals surface area contributed by atoms with E-state index in [1.807, 2.05) is 0 Å². The van der Waals surface area contributed by atoms with Crippen LogP contribution in [0.15, 0.2) is 23.2 Å². The van der Waals surface area contributed by atoms with E-state index in [-0.39, 0.29) is 0 Å². The molecule has 0 saturated heterocycles. The summed E-state index contributed by atoms with van der Waals surface area (Å²) in [6, 6.07) is 6.65. The average molecular weight is 187 g/mol. The summed E-state index contributed by atoms with van der Waals surface area (Å²) in [5.41, 5.74) is 5.42. The lowest BCUT2D eigenvalue weighted by molar-refractivity contribution is 0.684. The number of benzene rings is 1. The van der Waals surface area contributed by atoms with Crippen LogP contribution >= 0.6 is 0 Å². The molecule has 1 heterocycles. The molecule has 1 nitrogen and oxygen atoms in total. The number of aliphatic imine (C=N–C) groups is 1. The summed E-state index contributed by atoms with van der Waals surface area (Å²) < 4.78 is 0. The normalized spacial score (nSPS) is 14.4. The van der Waals surface area contributed by atoms with Crippen LogP contribution in [0.25, 0.3) is 0 Å². The number of fused-ring (bicyclic) bond motifs is 1. The van der Waals surface area contributed by atoms with E-state index in [4.69, 9.17) is 0 Å². The standard InChI is InChI=1S/C13H17N/c1-9(2)6-13-12-7-10(3)4-5-11(12)8-14-13/h4-5,7,9H,6,8H2,1-3H3. The van der Waals surface area contributed by atoms with Gasteiger partial charge in [-0.15, -0.1) is 0 Å². The van der Waals surface area contributed by atoms with Crippen molar-refractivity contribution in [2.75, 3.05) is 0 Å². The molecule has 0 aromatic heterocycles. The van der Waals surface area contributed by atoms with Gasteiger partial charge in [-0.05, 0) is 30.9 Å². The molecule has 1 aliphatic heterocycles. The van der Waals surface area contributed by atoms with Crippen molar-refractivity contribution in [1.29, 1.82) is 0 Å². The molecule has 2 rings (SSSR count). The van der Waals surface area contributed by atoms with Crippen molar-refractivity contribution in [3.63, 3.8) is 0 Å². The summed E-state index contributed by atoms with van der Waals surface area (Å²) in [6.45, 7) is 7.52. The van der Waals surface area contributed by atoms with Gasteiger partial charge >= 0.3 is 0 Å². The zero-order valence-electron chi connectivity index (χ0n) is 9.17. The van der Waals surface area contributed by atoms with E-state index in [9.17, 15) is 0 Å². The molecule has 1 aromatic carbocycles. The van der Waals surface area contributed by atoms with Gasteiger partial charge in [-0.2, -0.15) is 0 Å². The Kier molecular flexibility index (Phi) is 2.40. The van der Waals surface area contributed by atoms with Gasteiger partial charge in [-0.1, -0.05) is 31.5 Å². The molecule has 0 saturated carbocycles. The number of hydrogen-bond donors (Lipinski definition) is 0. The molecule has 0 atom stereocenters. The zero-order chi connectivity index (χ0) is 10.1. The first kappa shape index (κ1) is 9.45. The molecule has 1 aliphatic rings. The third-order valence-electron chi connectivity index (χ3n) is 2.62. The highest BCUT2D eigenvalue weighted by Gasteiger charge is 2.16. The van der Waals surface area contributed by atoms with E-state index in [1.54, 1.807) is 0 Å². The van der Waals surface area contributed by atoms with E-state index < -0.39 is 0 Å². The highest BCUT2D eigenvalue weighted by Crippen LogP contribution is 2.23. The quantitative estimate of drug-likeness (QED) is 0.673. The number of rotatable bonds is 2. The highest BCUT2D eigenvalue weighted by atomic mass is 14.8. The second-order valence-corrected chi connectivity index (χ2v) is 4.52. The number of hydrogen-bond acceptors (Lipinski definition) is 1. The smallest absolute Gasteiger partial charge is 0.0649 e. The maximum Gasteiger partial charge on any atom is 0.0649 e. The van der Waals surface area contributed by atoms with Crippen LogP contribution in [0.3, 0.4) is 0 Å². The van der Waals surface area contributed by atoms with Gasteiger partial charge in [0.2, 0.25) is 0 Å². The molecular weight excluding hydrogens is 170 g/mol. The maximum absolute atomic E-state index is 4.60. The first-order valence-corrected chi connectivity index (χ1v) is 5.30. The van der Waals surface area contributed by atoms with Gasteiger partial charge in [0.25, 0.3) is 0 Å². The molecule has 0 amide bonds. The van der Waals surface area contributed by atoms with Gasteiger partial charge < -0.3 is 0 Å². The van der Waals surface area contributed by atoms with Crippen LogP contribution in [-0.4, -0.2) is 5.71 Å². The minimum atomic E-state index is 0.695. The Labute approximate surface area is 85.9 Å². The SMILES string of the molecule is Cc1ccc2c(c1)C(CC(C)C)=NC2. The Bertz CT molecular complexity index is 375. The van der Waals surface area contributed by atoms with Crippen LogP contribution in [-0.2, 0) is 6.54 Å². The van der Waals surface area contributed by atoms with Gasteiger partial charge in [0.15, 0.2) is 0 Å². The maximum atomic E-state index is 4.60. The molecule has 0 radical (unpaired) electrons. The van der Waals surface area contributed by atoms with E-state index in [0.29, 0.717) is 5.92 Å². The van der Waals surface area contributed by atoms with Crippen LogP contribution in [0.1, 0.15) is 37.0 Å². The number of aryl methyl sites for hydroxylation is 1. The molecule has 1 heteroatoms. The summed E-state index contributed by atoms with van der Waals surface area (Å²) in [4.78, 5) is 4.60. The van der Waals surface area contributed by atoms with Gasteiger partial charge in [0.1, 0.15) is 0 Å². The van der Waals surface area contributed by atoms with E-state index >= 15 is 0 Å². The molecule has 0 fully saturated rings. The molecule has 1 aromatic rings. The lowest BCUT2D eigenvalue weighted by atomic mass is 9.97. The third-order valence-corrected chi connectivity index (χ3v) is 2.62. The van der Waals surface area contributed by atoms with Crippen molar-refractivity contribution >= 4 is 5.71 Å². The molecule has 74 valence electrons. The highest BCUT2D eigenvalue weighted by molar-refractivity contribution is 6.03. The predicted octanol–water partition coefficient (Wildman–Crippen LogP) is 3.34. The predicted molar refractivity (Wildman–Crippen MR) is 60.9 cm³/mol. The number of nitrogens with zero attached hydrogens (tertiary/aromatic N) is 1. The fourth-order valence-corrected chi connectivity index (χ4v) is 1.92. The Hall–Kier alpha value is -1.11. The van der Waals surface area contributed by atoms with Crippen molar-refractivity contribution in [2.45, 2.75) is 33.7 Å². The molecule has 0 N–H and O–H groups in total. The van der Waals surface area contributed by atoms with Gasteiger partial charge in [-0.25, -0.2) is 0 Å². The largest absolute Gasteiger partial charge is 0.284 e. The van der Waals surface area contributed by atoms with Crippen molar-refractivity contribution in [3.8, 4) is 0 Å². The Morgan fingerprint density at radius 2 is 2.14 bits per heavy atom. The van der Waals surface area contributed by atoms with Crippen LogP contribution < -0.4 is 0 Å². The van der Waals surface area contributed by atoms with Crippen LogP contribution in [0.4, 0.5) is 0 Å². The van der Waals surface area contributed by atoms with Crippen molar-refractivity contribution in [1.82, 2.24) is 0 Å². The summed E-state index contributed by atoms with van der Waals surface area (Å²) in [5.74, 6) is 0.695. The van der Waals surface area contributed by atoms with Crippen molar-refractivity contribution in [3.05, 3.63) is 34.9 Å². The fourth-order valence-electron chi connectivity index (χ4n) is 1.92. The summed E-state index contributed by atoms with van der Waals surface area (Å²) >= 11 is 0. The van der Waals surface area contributed by atoms with Crippen LogP contribution in [0, 0.1) is 12.8 Å². The molecule has 0 bridgehead atoms. The minimum absolute atomic E-state index is 0.695. The molecule has 0 aliphatic carbocycles. The second-order valence-electron chi connectivity index (χ2n) is 4.52. The Morgan fingerprint density at radius 1 is 1.36 bits per heavy atom. The van der Waals surface area contributed by atoms with E-state index in [1.165, 1.54) is 22.4 Å². The lowest BCUT2D eigenvalue weighted by Gasteiger charge is -2.07. The van der Waals surface area contributed by atoms with Gasteiger partial charge in [0.05, 0.1) is 6.54 Å². The van der Waals surface area contributed by atoms with Crippen LogP contribution in [0.5, 0.6) is 0 Å². The fraction of sp³-hybridized carbons (Fsp3) is 0.462. The summed E-state index contributed by atoms with van der Waals surface area (Å²) in [5, 5.41) is 0. The van der Waals surface area contributed by atoms with Crippen molar-refractivity contribution in [2.24, 2.45) is 10.9 Å². The monoisotopic (exact) mass is 187 g/mol. The third kappa shape index (κ3) is 1.72. The summed E-state index contributed by atoms with van der Waals surface area (Å²) in [7, 11) is 0. The van der Waals surface area contributed by atoms with E-state index in [0.717, 1.165) is 13.0 Å². The van der Waals surface area contributed by atoms with Crippen molar-refractivity contribution < 1.29 is 0 Å². The Morgan fingerprint density at radius 3 is 2.86 bits per heavy atom. The summed E-state index contributed by atoms with van der Waals surface area (Å²) in [6.07, 6.45) is 1.11. The molecule has 0 spiro atoms. The second kappa shape index (κ2) is 3.56. The zero-order valence-corrected chi connectivity index (χ0v) is 9.17. The lowest BCUT2D eigenvalue weighted by Crippen LogP contribution is -2.03. The molecular formula is C13H17N. The topological polar surface area (TPSA) is 12.4 Å². The van der Waals surface area contributed by atoms with Crippen LogP contribution in [0.2, 0.25) is 0 Å². The first-order chi connectivity index (χ1) is 6.66. The van der Waals surface area contributed by atoms with Gasteiger partial charge in [0, 0.05) is 11.3 Å². The average Bonchev–Trinajstić information content (AvgIpc) is 2.47. The van der Waals surface area contributed by atoms with E-state index in [2.05, 4.69) is 44.0 Å². The van der Waals surface area contributed by atoms with Gasteiger partial charge in [-0.3, -0.25) is 4.99 Å². The molecule has 14 heavy (non-hydrogen) atoms. The first-order valence-electron chi connectivity index (χ1n) is 5.30. The Balaban J connectivity index is 2.31. The minimum Gasteiger partial charge on any atom is -0.284 e. The molecule has 0 unspecified atom stereocenters.